The van der Waals surface area contributed by atoms with E-state index < -0.39 is 5.23 Å². The van der Waals surface area contributed by atoms with Crippen LogP contribution in [0.25, 0.3) is 0 Å². The molecule has 0 heterocycles. The van der Waals surface area contributed by atoms with Gasteiger partial charge < -0.3 is 15.6 Å². The van der Waals surface area contributed by atoms with E-state index in [0.29, 0.717) is 5.02 Å². The summed E-state index contributed by atoms with van der Waals surface area (Å²) in [4.78, 5) is 0. The van der Waals surface area contributed by atoms with Crippen LogP contribution in [-0.2, 0) is 5.75 Å². The molecule has 0 bridgehead atoms. The maximum absolute atomic E-state index is 10.5. The fourth-order valence-corrected chi connectivity index (χ4v) is 1.78. The number of nitrogens with one attached hydrogen (secondary N) is 1. The van der Waals surface area contributed by atoms with Gasteiger partial charge in [0.2, 0.25) is 0 Å². The first-order valence-electron chi connectivity index (χ1n) is 3.63. The third-order valence-corrected chi connectivity index (χ3v) is 2.34. The third-order valence-electron chi connectivity index (χ3n) is 1.50. The Labute approximate surface area is 85.8 Å². The topological polar surface area (TPSA) is 50.6 Å². The predicted octanol–water partition coefficient (Wildman–Crippen LogP) is 1.71. The number of benzene rings is 1. The summed E-state index contributed by atoms with van der Waals surface area (Å²) in [7, 11) is 0. The van der Waals surface area contributed by atoms with Crippen molar-refractivity contribution < 1.29 is 5.23 Å². The lowest BCUT2D eigenvalue weighted by Crippen LogP contribution is -2.96. The Kier molecular flexibility index (Phi) is 4.02. The van der Waals surface area contributed by atoms with Crippen LogP contribution in [0.3, 0.4) is 0 Å². The zero-order chi connectivity index (χ0) is 9.84. The summed E-state index contributed by atoms with van der Waals surface area (Å²) in [5.41, 5.74) is 1.04. The van der Waals surface area contributed by atoms with E-state index in [-0.39, 0.29) is 5.69 Å². The molecular formula is C8H9ClNO2S-. The zero-order valence-electron chi connectivity index (χ0n) is 7.04. The van der Waals surface area contributed by atoms with Gasteiger partial charge in [-0.3, -0.25) is 0 Å². The molecule has 0 atom stereocenters. The van der Waals surface area contributed by atoms with Crippen LogP contribution >= 0.6 is 23.4 Å². The van der Waals surface area contributed by atoms with Gasteiger partial charge in [0.1, 0.15) is 5.69 Å². The molecular weight excluding hydrogens is 210 g/mol. The first kappa shape index (κ1) is 10.8. The Hall–Kier alpha value is -0.260. The lowest BCUT2D eigenvalue weighted by atomic mass is 10.2. The van der Waals surface area contributed by atoms with Crippen LogP contribution in [0.1, 0.15) is 5.56 Å². The summed E-state index contributed by atoms with van der Waals surface area (Å²) >= 11 is 7.34. The van der Waals surface area contributed by atoms with Gasteiger partial charge in [-0.25, -0.2) is 0 Å². The highest BCUT2D eigenvalue weighted by molar-refractivity contribution is 7.97. The second-order valence-corrected chi connectivity index (χ2v) is 3.87. The van der Waals surface area contributed by atoms with Crippen LogP contribution in [0.15, 0.2) is 18.2 Å². The second kappa shape index (κ2) is 4.83. The molecule has 3 nitrogen and oxygen atoms in total. The van der Waals surface area contributed by atoms with Crippen molar-refractivity contribution in [1.82, 2.24) is 0 Å². The Balaban J connectivity index is 2.96. The molecule has 1 rings (SSSR count). The van der Waals surface area contributed by atoms with E-state index in [1.54, 1.807) is 23.9 Å². The van der Waals surface area contributed by atoms with Crippen molar-refractivity contribution in [2.24, 2.45) is 0 Å². The molecule has 0 fully saturated rings. The number of quaternary nitrogens is 1. The van der Waals surface area contributed by atoms with Gasteiger partial charge in [-0.05, 0) is 17.9 Å². The van der Waals surface area contributed by atoms with Crippen LogP contribution < -0.4 is 5.23 Å². The molecule has 0 spiro atoms. The van der Waals surface area contributed by atoms with Crippen molar-refractivity contribution in [1.29, 1.82) is 0 Å². The zero-order valence-corrected chi connectivity index (χ0v) is 8.61. The highest BCUT2D eigenvalue weighted by atomic mass is 35.5. The van der Waals surface area contributed by atoms with E-state index >= 15 is 0 Å². The molecule has 1 aromatic carbocycles. The molecule has 0 aliphatic rings. The molecule has 5 heteroatoms. The molecule has 1 N–H and O–H groups in total. The SMILES string of the molecule is CSCc1cc(Cl)cc([NH+]([O-])[O-])c1. The van der Waals surface area contributed by atoms with Gasteiger partial charge in [-0.1, -0.05) is 11.6 Å². The van der Waals surface area contributed by atoms with Gasteiger partial charge in [0.05, 0.1) is 0 Å². The minimum atomic E-state index is -1.19. The average molecular weight is 219 g/mol. The smallest absolute Gasteiger partial charge is 0.133 e. The monoisotopic (exact) mass is 218 g/mol. The lowest BCUT2D eigenvalue weighted by molar-refractivity contribution is -0.715. The quantitative estimate of drug-likeness (QED) is 0.786. The highest BCUT2D eigenvalue weighted by Crippen LogP contribution is 2.19. The molecule has 0 aliphatic carbocycles. The maximum Gasteiger partial charge on any atom is 0.133 e. The normalized spacial score (nSPS) is 10.8. The molecule has 0 unspecified atom stereocenters. The van der Waals surface area contributed by atoms with Gasteiger partial charge in [0.25, 0.3) is 0 Å². The van der Waals surface area contributed by atoms with E-state index in [9.17, 15) is 10.4 Å². The molecule has 0 saturated heterocycles. The Morgan fingerprint density at radius 1 is 1.38 bits per heavy atom. The van der Waals surface area contributed by atoms with Crippen LogP contribution in [0.2, 0.25) is 5.02 Å². The van der Waals surface area contributed by atoms with Crippen molar-refractivity contribution in [3.63, 3.8) is 0 Å². The molecule has 0 aliphatic heterocycles. The van der Waals surface area contributed by atoms with Gasteiger partial charge >= 0.3 is 0 Å². The highest BCUT2D eigenvalue weighted by Gasteiger charge is 2.01. The lowest BCUT2D eigenvalue weighted by Gasteiger charge is -2.25. The summed E-state index contributed by atoms with van der Waals surface area (Å²) in [6.45, 7) is 0. The third kappa shape index (κ3) is 3.17. The molecule has 13 heavy (non-hydrogen) atoms. The van der Waals surface area contributed by atoms with Crippen molar-refractivity contribution in [3.05, 3.63) is 39.2 Å². The van der Waals surface area contributed by atoms with E-state index in [0.717, 1.165) is 11.3 Å². The second-order valence-electron chi connectivity index (χ2n) is 2.57. The molecule has 0 aromatic heterocycles. The first-order chi connectivity index (χ1) is 6.13. The minimum absolute atomic E-state index is 0.136. The van der Waals surface area contributed by atoms with Crippen molar-refractivity contribution >= 4 is 29.1 Å². The number of thioether (sulfide) groups is 1. The summed E-state index contributed by atoms with van der Waals surface area (Å²) in [5, 5.41) is 20.3. The first-order valence-corrected chi connectivity index (χ1v) is 5.40. The summed E-state index contributed by atoms with van der Waals surface area (Å²) in [6, 6.07) is 4.73. The maximum atomic E-state index is 10.5. The van der Waals surface area contributed by atoms with Gasteiger partial charge in [0.15, 0.2) is 0 Å². The fourth-order valence-electron chi connectivity index (χ4n) is 1.02. The van der Waals surface area contributed by atoms with E-state index in [1.807, 2.05) is 6.26 Å². The number of halogens is 1. The van der Waals surface area contributed by atoms with Crippen LogP contribution in [0.4, 0.5) is 5.69 Å². The van der Waals surface area contributed by atoms with Crippen LogP contribution in [-0.4, -0.2) is 6.26 Å². The van der Waals surface area contributed by atoms with Gasteiger partial charge in [-0.15, -0.1) is 0 Å². The average Bonchev–Trinajstić information content (AvgIpc) is 2.03. The number of hydrogen-bond acceptors (Lipinski definition) is 3. The largest absolute Gasteiger partial charge is 0.628 e. The summed E-state index contributed by atoms with van der Waals surface area (Å²) in [6.07, 6.45) is 1.94. The van der Waals surface area contributed by atoms with Gasteiger partial charge in [0, 0.05) is 22.9 Å². The number of hydrogen-bond donors (Lipinski definition) is 1. The van der Waals surface area contributed by atoms with Crippen LogP contribution in [0.5, 0.6) is 0 Å². The van der Waals surface area contributed by atoms with E-state index in [1.165, 1.54) is 6.07 Å². The van der Waals surface area contributed by atoms with E-state index in [4.69, 9.17) is 11.6 Å². The minimum Gasteiger partial charge on any atom is -0.628 e. The molecule has 0 radical (unpaired) electrons. The Morgan fingerprint density at radius 2 is 2.08 bits per heavy atom. The summed E-state index contributed by atoms with van der Waals surface area (Å²) in [5.74, 6) is 0.751. The summed E-state index contributed by atoms with van der Waals surface area (Å²) < 4.78 is 0. The molecule has 1 aromatic rings. The predicted molar refractivity (Wildman–Crippen MR) is 56.0 cm³/mol. The van der Waals surface area contributed by atoms with Crippen molar-refractivity contribution in [2.75, 3.05) is 6.26 Å². The van der Waals surface area contributed by atoms with Crippen molar-refractivity contribution in [2.45, 2.75) is 5.75 Å². The fraction of sp³-hybridized carbons (Fsp3) is 0.250. The standard InChI is InChI=1S/C8H9ClNO2S/c1-13-5-6-2-7(9)4-8(3-6)10(11)12/h2-4,10H,5H2,1H3/q-1. The molecule has 0 amide bonds. The Bertz CT molecular complexity index is 293. The Morgan fingerprint density at radius 3 is 2.62 bits per heavy atom. The van der Waals surface area contributed by atoms with Crippen molar-refractivity contribution in [3.8, 4) is 0 Å². The van der Waals surface area contributed by atoms with Gasteiger partial charge in [-0.2, -0.15) is 11.8 Å². The van der Waals surface area contributed by atoms with Crippen LogP contribution in [0, 0.1) is 10.4 Å². The molecule has 72 valence electrons. The van der Waals surface area contributed by atoms with E-state index in [2.05, 4.69) is 0 Å². The number of rotatable bonds is 3. The molecule has 0 saturated carbocycles.